The van der Waals surface area contributed by atoms with Crippen molar-refractivity contribution in [2.24, 2.45) is 17.4 Å². The van der Waals surface area contributed by atoms with Crippen molar-refractivity contribution in [2.45, 2.75) is 76.5 Å². The lowest BCUT2D eigenvalue weighted by Gasteiger charge is -2.25. The first-order valence-corrected chi connectivity index (χ1v) is 10.9. The number of carboxylic acids is 3. The van der Waals surface area contributed by atoms with Crippen LogP contribution in [0.2, 0.25) is 0 Å². The Morgan fingerprint density at radius 1 is 0.765 bits per heavy atom. The molecule has 0 aromatic carbocycles. The fraction of sp³-hybridized carbons (Fsp3) is 0.700. The maximum atomic E-state index is 12.7. The van der Waals surface area contributed by atoms with Crippen molar-refractivity contribution in [3.63, 3.8) is 0 Å². The van der Waals surface area contributed by atoms with Crippen molar-refractivity contribution in [1.29, 1.82) is 0 Å². The van der Waals surface area contributed by atoms with Gasteiger partial charge in [-0.1, -0.05) is 20.3 Å². The molecule has 0 saturated carbocycles. The second kappa shape index (κ2) is 15.6. The molecule has 0 unspecified atom stereocenters. The summed E-state index contributed by atoms with van der Waals surface area (Å²) in [4.78, 5) is 71.4. The second-order valence-electron chi connectivity index (χ2n) is 7.91. The van der Waals surface area contributed by atoms with Crippen molar-refractivity contribution in [3.8, 4) is 0 Å². The highest BCUT2D eigenvalue weighted by Gasteiger charge is 2.33. The van der Waals surface area contributed by atoms with E-state index in [9.17, 15) is 33.9 Å². The van der Waals surface area contributed by atoms with E-state index in [0.29, 0.717) is 25.8 Å². The van der Waals surface area contributed by atoms with Crippen LogP contribution in [0.25, 0.3) is 0 Å². The number of carboxylic acid groups (broad SMARTS) is 3. The van der Waals surface area contributed by atoms with Crippen molar-refractivity contribution in [2.75, 3.05) is 6.54 Å². The lowest BCUT2D eigenvalue weighted by molar-refractivity contribution is -0.145. The van der Waals surface area contributed by atoms with Crippen molar-refractivity contribution >= 4 is 35.6 Å². The summed E-state index contributed by atoms with van der Waals surface area (Å²) in [7, 11) is 0. The summed E-state index contributed by atoms with van der Waals surface area (Å²) >= 11 is 0. The molecule has 0 heterocycles. The van der Waals surface area contributed by atoms with Crippen molar-refractivity contribution in [1.82, 2.24) is 16.0 Å². The van der Waals surface area contributed by atoms with Gasteiger partial charge < -0.3 is 42.7 Å². The number of hydrogen-bond donors (Lipinski definition) is 8. The lowest BCUT2D eigenvalue weighted by atomic mass is 9.99. The number of aliphatic carboxylic acids is 3. The number of amides is 3. The standard InChI is InChI=1S/C20H35N5O9/c1-3-10(2)16(22)19(32)25-13(9-15(28)29)18(31)24-12(8-14(26)27)17(30)23-11(20(33)34)6-4-5-7-21/h10-13,16H,3-9,21-22H2,1-2H3,(H,23,30)(H,24,31)(H,25,32)(H,26,27)(H,28,29)(H,33,34)/t10-,11-,12-,13-,16-/m0/s1. The summed E-state index contributed by atoms with van der Waals surface area (Å²) in [5, 5.41) is 34.0. The molecule has 0 fully saturated rings. The van der Waals surface area contributed by atoms with E-state index in [2.05, 4.69) is 16.0 Å². The quantitative estimate of drug-likeness (QED) is 0.103. The fourth-order valence-electron chi connectivity index (χ4n) is 2.84. The van der Waals surface area contributed by atoms with Crippen molar-refractivity contribution in [3.05, 3.63) is 0 Å². The van der Waals surface area contributed by atoms with Crippen LogP contribution in [0.5, 0.6) is 0 Å². The predicted octanol–water partition coefficient (Wildman–Crippen LogP) is -2.02. The van der Waals surface area contributed by atoms with Crippen LogP contribution in [0.15, 0.2) is 0 Å². The maximum absolute atomic E-state index is 12.7. The molecule has 0 aliphatic rings. The van der Waals surface area contributed by atoms with E-state index in [1.807, 2.05) is 0 Å². The maximum Gasteiger partial charge on any atom is 0.326 e. The minimum Gasteiger partial charge on any atom is -0.481 e. The molecule has 0 bridgehead atoms. The van der Waals surface area contributed by atoms with Crippen LogP contribution < -0.4 is 27.4 Å². The van der Waals surface area contributed by atoms with Gasteiger partial charge in [0.05, 0.1) is 18.9 Å². The van der Waals surface area contributed by atoms with E-state index in [0.717, 1.165) is 0 Å². The molecule has 0 aliphatic heterocycles. The highest BCUT2D eigenvalue weighted by molar-refractivity contribution is 5.96. The second-order valence-corrected chi connectivity index (χ2v) is 7.91. The van der Waals surface area contributed by atoms with Gasteiger partial charge in [-0.15, -0.1) is 0 Å². The average molecular weight is 490 g/mol. The molecule has 0 aromatic rings. The number of nitrogens with two attached hydrogens (primary N) is 2. The zero-order chi connectivity index (χ0) is 26.4. The van der Waals surface area contributed by atoms with Gasteiger partial charge in [-0.05, 0) is 31.7 Å². The summed E-state index contributed by atoms with van der Waals surface area (Å²) in [5.74, 6) is -7.57. The van der Waals surface area contributed by atoms with Crippen LogP contribution in [0.1, 0.15) is 52.4 Å². The van der Waals surface area contributed by atoms with Crippen LogP contribution in [0.4, 0.5) is 0 Å². The van der Waals surface area contributed by atoms with Crippen molar-refractivity contribution < 1.29 is 44.1 Å². The van der Waals surface area contributed by atoms with Gasteiger partial charge in [0.1, 0.15) is 18.1 Å². The van der Waals surface area contributed by atoms with E-state index in [4.69, 9.17) is 21.7 Å². The van der Waals surface area contributed by atoms with E-state index in [-0.39, 0.29) is 12.3 Å². The van der Waals surface area contributed by atoms with Gasteiger partial charge in [0.2, 0.25) is 17.7 Å². The molecular weight excluding hydrogens is 454 g/mol. The molecular formula is C20H35N5O9. The van der Waals surface area contributed by atoms with E-state index >= 15 is 0 Å². The Morgan fingerprint density at radius 3 is 1.59 bits per heavy atom. The Labute approximate surface area is 196 Å². The molecule has 0 aliphatic carbocycles. The number of hydrogen-bond acceptors (Lipinski definition) is 8. The highest BCUT2D eigenvalue weighted by Crippen LogP contribution is 2.07. The smallest absolute Gasteiger partial charge is 0.326 e. The molecule has 14 heteroatoms. The Bertz CT molecular complexity index is 746. The minimum absolute atomic E-state index is 0.0250. The minimum atomic E-state index is -1.72. The Balaban J connectivity index is 5.53. The molecule has 0 aromatic heterocycles. The number of carbonyl (C=O) groups is 6. The molecule has 0 rings (SSSR count). The monoisotopic (exact) mass is 489 g/mol. The van der Waals surface area contributed by atoms with Gasteiger partial charge in [0, 0.05) is 0 Å². The number of unbranched alkanes of at least 4 members (excludes halogenated alkanes) is 1. The predicted molar refractivity (Wildman–Crippen MR) is 118 cm³/mol. The van der Waals surface area contributed by atoms with Gasteiger partial charge in [0.15, 0.2) is 0 Å². The molecule has 10 N–H and O–H groups in total. The van der Waals surface area contributed by atoms with Crippen LogP contribution in [-0.2, 0) is 28.8 Å². The topological polar surface area (TPSA) is 251 Å². The van der Waals surface area contributed by atoms with Gasteiger partial charge in [0.25, 0.3) is 0 Å². The van der Waals surface area contributed by atoms with Gasteiger partial charge in [-0.3, -0.25) is 24.0 Å². The molecule has 5 atom stereocenters. The zero-order valence-electron chi connectivity index (χ0n) is 19.3. The summed E-state index contributed by atoms with van der Waals surface area (Å²) in [6, 6.07) is -5.76. The third kappa shape index (κ3) is 11.6. The number of carbonyl (C=O) groups excluding carboxylic acids is 3. The molecule has 34 heavy (non-hydrogen) atoms. The van der Waals surface area contributed by atoms with Gasteiger partial charge >= 0.3 is 17.9 Å². The van der Waals surface area contributed by atoms with Crippen LogP contribution in [0, 0.1) is 5.92 Å². The molecule has 3 amide bonds. The first-order valence-electron chi connectivity index (χ1n) is 10.9. The van der Waals surface area contributed by atoms with E-state index in [1.165, 1.54) is 0 Å². The van der Waals surface area contributed by atoms with Gasteiger partial charge in [-0.25, -0.2) is 4.79 Å². The Morgan fingerprint density at radius 2 is 1.21 bits per heavy atom. The average Bonchev–Trinajstić information content (AvgIpc) is 2.75. The molecule has 194 valence electrons. The van der Waals surface area contributed by atoms with Gasteiger partial charge in [-0.2, -0.15) is 0 Å². The fourth-order valence-corrected chi connectivity index (χ4v) is 2.84. The van der Waals surface area contributed by atoms with Crippen LogP contribution in [0.3, 0.4) is 0 Å². The van der Waals surface area contributed by atoms with E-state index < -0.39 is 72.6 Å². The molecule has 14 nitrogen and oxygen atoms in total. The third-order valence-electron chi connectivity index (χ3n) is 5.14. The normalized spacial score (nSPS) is 15.2. The summed E-state index contributed by atoms with van der Waals surface area (Å²) in [6.45, 7) is 3.79. The number of nitrogens with one attached hydrogen (secondary N) is 3. The zero-order valence-corrected chi connectivity index (χ0v) is 19.3. The highest BCUT2D eigenvalue weighted by atomic mass is 16.4. The largest absolute Gasteiger partial charge is 0.481 e. The van der Waals surface area contributed by atoms with E-state index in [1.54, 1.807) is 13.8 Å². The summed E-state index contributed by atoms with van der Waals surface area (Å²) in [5.41, 5.74) is 11.2. The third-order valence-corrected chi connectivity index (χ3v) is 5.14. The number of rotatable bonds is 17. The Hall–Kier alpha value is -3.26. The molecule has 0 saturated heterocycles. The lowest BCUT2D eigenvalue weighted by Crippen LogP contribution is -2.58. The van der Waals surface area contributed by atoms with Crippen LogP contribution >= 0.6 is 0 Å². The van der Waals surface area contributed by atoms with Crippen LogP contribution in [-0.4, -0.2) is 81.7 Å². The Kier molecular flexibility index (Phi) is 14.1. The molecule has 0 spiro atoms. The first kappa shape index (κ1) is 30.7. The molecule has 0 radical (unpaired) electrons. The first-order chi connectivity index (χ1) is 15.8. The summed E-state index contributed by atoms with van der Waals surface area (Å²) < 4.78 is 0. The summed E-state index contributed by atoms with van der Waals surface area (Å²) in [6.07, 6.45) is -0.314. The SMILES string of the molecule is CC[C@H](C)[C@H](N)C(=O)N[C@@H](CC(=O)O)C(=O)N[C@@H](CC(=O)O)C(=O)N[C@@H](CCCCN)C(=O)O.